The summed E-state index contributed by atoms with van der Waals surface area (Å²) < 4.78 is 7.41. The molecule has 0 fully saturated rings. The molecule has 2 rings (SSSR count). The van der Waals surface area contributed by atoms with E-state index in [1.807, 2.05) is 31.2 Å². The van der Waals surface area contributed by atoms with E-state index < -0.39 is 5.97 Å². The normalized spacial score (nSPS) is 10.6. The van der Waals surface area contributed by atoms with Crippen LogP contribution in [0.15, 0.2) is 30.3 Å². The van der Waals surface area contributed by atoms with Crippen LogP contribution in [-0.4, -0.2) is 27.5 Å². The molecule has 2 aromatic rings. The highest BCUT2D eigenvalue weighted by atomic mass is 16.5. The third-order valence-electron chi connectivity index (χ3n) is 3.06. The van der Waals surface area contributed by atoms with Crippen LogP contribution in [-0.2, 0) is 6.42 Å². The van der Waals surface area contributed by atoms with Crippen molar-refractivity contribution in [3.05, 3.63) is 41.7 Å². The van der Waals surface area contributed by atoms with Gasteiger partial charge in [0.15, 0.2) is 5.69 Å². The average Bonchev–Trinajstić information content (AvgIpc) is 2.90. The number of nitrogens with zero attached hydrogens (tertiary/aromatic N) is 2. The summed E-state index contributed by atoms with van der Waals surface area (Å²) in [6.45, 7) is 4.71. The van der Waals surface area contributed by atoms with Gasteiger partial charge in [0.2, 0.25) is 0 Å². The van der Waals surface area contributed by atoms with Gasteiger partial charge in [0.25, 0.3) is 0 Å². The number of rotatable bonds is 7. The zero-order valence-electron chi connectivity index (χ0n) is 12.4. The first-order valence-corrected chi connectivity index (χ1v) is 7.21. The molecule has 5 nitrogen and oxygen atoms in total. The number of hydrogen-bond acceptors (Lipinski definition) is 3. The maximum absolute atomic E-state index is 11.2. The first-order chi connectivity index (χ1) is 10.2. The van der Waals surface area contributed by atoms with Gasteiger partial charge in [-0.1, -0.05) is 32.4 Å². The number of carboxylic acids is 1. The molecule has 5 heteroatoms. The molecule has 1 aromatic heterocycles. The molecule has 21 heavy (non-hydrogen) atoms. The maximum atomic E-state index is 11.2. The van der Waals surface area contributed by atoms with Gasteiger partial charge < -0.3 is 9.84 Å². The van der Waals surface area contributed by atoms with Crippen molar-refractivity contribution < 1.29 is 14.6 Å². The molecule has 0 amide bonds. The number of aryl methyl sites for hydroxylation is 1. The van der Waals surface area contributed by atoms with Crippen LogP contribution >= 0.6 is 0 Å². The second-order valence-electron chi connectivity index (χ2n) is 4.80. The summed E-state index contributed by atoms with van der Waals surface area (Å²) in [6, 6.07) is 9.19. The lowest BCUT2D eigenvalue weighted by molar-refractivity contribution is 0.0690. The molecule has 0 unspecified atom stereocenters. The maximum Gasteiger partial charge on any atom is 0.356 e. The predicted octanol–water partition coefficient (Wildman–Crippen LogP) is 3.31. The molecule has 0 spiro atoms. The van der Waals surface area contributed by atoms with Crippen molar-refractivity contribution in [3.8, 4) is 11.4 Å². The number of aromatic nitrogens is 2. The molecule has 0 radical (unpaired) electrons. The van der Waals surface area contributed by atoms with Crippen LogP contribution in [0.2, 0.25) is 0 Å². The second-order valence-corrected chi connectivity index (χ2v) is 4.80. The summed E-state index contributed by atoms with van der Waals surface area (Å²) in [6.07, 6.45) is 2.60. The smallest absolute Gasteiger partial charge is 0.356 e. The molecule has 0 atom stereocenters. The Balaban J connectivity index is 2.47. The Kier molecular flexibility index (Phi) is 4.98. The van der Waals surface area contributed by atoms with E-state index in [9.17, 15) is 4.79 Å². The second kappa shape index (κ2) is 6.92. The van der Waals surface area contributed by atoms with Gasteiger partial charge in [-0.05, 0) is 31.0 Å². The van der Waals surface area contributed by atoms with E-state index in [-0.39, 0.29) is 5.69 Å². The number of aromatic carboxylic acids is 1. The van der Waals surface area contributed by atoms with Crippen LogP contribution in [0.5, 0.6) is 5.75 Å². The van der Waals surface area contributed by atoms with Gasteiger partial charge in [-0.25, -0.2) is 9.48 Å². The predicted molar refractivity (Wildman–Crippen MR) is 80.3 cm³/mol. The monoisotopic (exact) mass is 288 g/mol. The molecule has 0 saturated heterocycles. The van der Waals surface area contributed by atoms with E-state index >= 15 is 0 Å². The van der Waals surface area contributed by atoms with Crippen LogP contribution in [0.1, 0.15) is 42.9 Å². The number of ether oxygens (including phenoxy) is 1. The first kappa shape index (κ1) is 15.1. The van der Waals surface area contributed by atoms with E-state index in [1.165, 1.54) is 0 Å². The average molecular weight is 288 g/mol. The number of benzene rings is 1. The molecule has 1 heterocycles. The van der Waals surface area contributed by atoms with E-state index in [4.69, 9.17) is 9.84 Å². The van der Waals surface area contributed by atoms with Crippen molar-refractivity contribution >= 4 is 5.97 Å². The lowest BCUT2D eigenvalue weighted by Gasteiger charge is -2.12. The van der Waals surface area contributed by atoms with E-state index in [1.54, 1.807) is 10.7 Å². The van der Waals surface area contributed by atoms with Crippen LogP contribution in [0, 0.1) is 0 Å². The Morgan fingerprint density at radius 2 is 2.05 bits per heavy atom. The standard InChI is InChI=1S/C16H20N2O3/c1-3-7-12-11-13(16(19)20)17-18(12)14-8-5-6-9-15(14)21-10-4-2/h5-6,8-9,11H,3-4,7,10H2,1-2H3,(H,19,20). The molecule has 0 aliphatic heterocycles. The van der Waals surface area contributed by atoms with Gasteiger partial charge in [-0.2, -0.15) is 5.10 Å². The van der Waals surface area contributed by atoms with Crippen molar-refractivity contribution in [2.45, 2.75) is 33.1 Å². The van der Waals surface area contributed by atoms with Crippen molar-refractivity contribution in [2.24, 2.45) is 0 Å². The molecule has 112 valence electrons. The van der Waals surface area contributed by atoms with Gasteiger partial charge in [0.05, 0.1) is 6.61 Å². The van der Waals surface area contributed by atoms with Crippen molar-refractivity contribution in [1.82, 2.24) is 9.78 Å². The van der Waals surface area contributed by atoms with Gasteiger partial charge >= 0.3 is 5.97 Å². The molecule has 0 saturated carbocycles. The minimum absolute atomic E-state index is 0.0590. The van der Waals surface area contributed by atoms with E-state index in [0.717, 1.165) is 36.4 Å². The largest absolute Gasteiger partial charge is 0.491 e. The summed E-state index contributed by atoms with van der Waals surface area (Å²) in [5.41, 5.74) is 1.72. The Hall–Kier alpha value is -2.30. The third-order valence-corrected chi connectivity index (χ3v) is 3.06. The van der Waals surface area contributed by atoms with Gasteiger partial charge in [-0.3, -0.25) is 0 Å². The Morgan fingerprint density at radius 3 is 2.71 bits per heavy atom. The molecule has 0 aliphatic carbocycles. The Labute approximate surface area is 124 Å². The summed E-state index contributed by atoms with van der Waals surface area (Å²) in [5.74, 6) is -0.296. The summed E-state index contributed by atoms with van der Waals surface area (Å²) in [4.78, 5) is 11.2. The molecule has 0 aliphatic rings. The summed E-state index contributed by atoms with van der Waals surface area (Å²) in [7, 11) is 0. The van der Waals surface area contributed by atoms with Crippen LogP contribution in [0.3, 0.4) is 0 Å². The molecule has 1 N–H and O–H groups in total. The number of carboxylic acid groups (broad SMARTS) is 1. The number of para-hydroxylation sites is 2. The SMILES string of the molecule is CCCOc1ccccc1-n1nc(C(=O)O)cc1CCC. The zero-order valence-corrected chi connectivity index (χ0v) is 12.4. The number of hydrogen-bond donors (Lipinski definition) is 1. The van der Waals surface area contributed by atoms with Gasteiger partial charge in [-0.15, -0.1) is 0 Å². The highest BCUT2D eigenvalue weighted by Gasteiger charge is 2.16. The van der Waals surface area contributed by atoms with E-state index in [0.29, 0.717) is 6.61 Å². The van der Waals surface area contributed by atoms with Crippen LogP contribution in [0.25, 0.3) is 5.69 Å². The lowest BCUT2D eigenvalue weighted by Crippen LogP contribution is -2.07. The molecular weight excluding hydrogens is 268 g/mol. The summed E-state index contributed by atoms with van der Waals surface area (Å²) in [5, 5.41) is 13.3. The highest BCUT2D eigenvalue weighted by molar-refractivity contribution is 5.85. The minimum Gasteiger partial charge on any atom is -0.491 e. The Morgan fingerprint density at radius 1 is 1.29 bits per heavy atom. The minimum atomic E-state index is -1.02. The fraction of sp³-hybridized carbons (Fsp3) is 0.375. The number of carbonyl (C=O) groups is 1. The van der Waals surface area contributed by atoms with Crippen molar-refractivity contribution in [1.29, 1.82) is 0 Å². The van der Waals surface area contributed by atoms with Gasteiger partial charge in [0.1, 0.15) is 11.4 Å². The first-order valence-electron chi connectivity index (χ1n) is 7.21. The van der Waals surface area contributed by atoms with Crippen LogP contribution < -0.4 is 4.74 Å². The zero-order chi connectivity index (χ0) is 15.2. The third kappa shape index (κ3) is 3.42. The quantitative estimate of drug-likeness (QED) is 0.849. The van der Waals surface area contributed by atoms with Crippen molar-refractivity contribution in [2.75, 3.05) is 6.61 Å². The van der Waals surface area contributed by atoms with Crippen molar-refractivity contribution in [3.63, 3.8) is 0 Å². The van der Waals surface area contributed by atoms with Gasteiger partial charge in [0, 0.05) is 5.69 Å². The highest BCUT2D eigenvalue weighted by Crippen LogP contribution is 2.24. The Bertz CT molecular complexity index is 620. The topological polar surface area (TPSA) is 64.4 Å². The fourth-order valence-corrected chi connectivity index (χ4v) is 2.13. The summed E-state index contributed by atoms with van der Waals surface area (Å²) >= 11 is 0. The molecule has 0 bridgehead atoms. The molecule has 1 aromatic carbocycles. The lowest BCUT2D eigenvalue weighted by atomic mass is 10.2. The fourth-order valence-electron chi connectivity index (χ4n) is 2.13. The van der Waals surface area contributed by atoms with E-state index in [2.05, 4.69) is 12.0 Å². The van der Waals surface area contributed by atoms with Crippen LogP contribution in [0.4, 0.5) is 0 Å². The molecular formula is C16H20N2O3.